The van der Waals surface area contributed by atoms with Crippen LogP contribution in [0.25, 0.3) is 0 Å². The number of benzene rings is 1. The summed E-state index contributed by atoms with van der Waals surface area (Å²) >= 11 is 6.90. The molecule has 0 unspecified atom stereocenters. The number of amides is 1. The minimum atomic E-state index is -3.52. The normalized spacial score (nSPS) is 16.7. The lowest BCUT2D eigenvalue weighted by Crippen LogP contribution is -2.41. The van der Waals surface area contributed by atoms with Gasteiger partial charge in [-0.25, -0.2) is 8.42 Å². The first-order valence-electron chi connectivity index (χ1n) is 7.99. The maximum atomic E-state index is 12.6. The van der Waals surface area contributed by atoms with Gasteiger partial charge >= 0.3 is 0 Å². The molecule has 0 saturated carbocycles. The van der Waals surface area contributed by atoms with Crippen molar-refractivity contribution in [2.45, 2.75) is 24.0 Å². The Labute approximate surface area is 156 Å². The summed E-state index contributed by atoms with van der Waals surface area (Å²) in [6.07, 6.45) is 1.02. The molecule has 5 nitrogen and oxygen atoms in total. The zero-order valence-corrected chi connectivity index (χ0v) is 16.1. The number of thiophene rings is 1. The number of nitrogens with one attached hydrogen (secondary N) is 1. The molecule has 1 aromatic heterocycles. The first-order valence-corrected chi connectivity index (χ1v) is 10.6. The fraction of sp³-hybridized carbons (Fsp3) is 0.353. The van der Waals surface area contributed by atoms with Crippen LogP contribution in [0.2, 0.25) is 4.34 Å². The van der Waals surface area contributed by atoms with Crippen LogP contribution < -0.4 is 5.32 Å². The van der Waals surface area contributed by atoms with Crippen LogP contribution in [0.5, 0.6) is 0 Å². The minimum absolute atomic E-state index is 0.0539. The second-order valence-corrected chi connectivity index (χ2v) is 9.98. The number of rotatable bonds is 4. The summed E-state index contributed by atoms with van der Waals surface area (Å²) < 4.78 is 27.3. The van der Waals surface area contributed by atoms with E-state index in [1.165, 1.54) is 10.4 Å². The van der Waals surface area contributed by atoms with Crippen molar-refractivity contribution >= 4 is 44.6 Å². The molecule has 0 bridgehead atoms. The van der Waals surface area contributed by atoms with Crippen molar-refractivity contribution in [2.24, 2.45) is 5.92 Å². The van der Waals surface area contributed by atoms with Gasteiger partial charge < -0.3 is 5.32 Å². The van der Waals surface area contributed by atoms with Gasteiger partial charge in [-0.15, -0.1) is 11.3 Å². The number of nitrogens with zero attached hydrogens (tertiary/aromatic N) is 1. The number of carbonyl (C=O) groups excluding carboxylic acids is 1. The Kier molecular flexibility index (Phi) is 5.48. The van der Waals surface area contributed by atoms with Crippen molar-refractivity contribution in [1.82, 2.24) is 4.31 Å². The van der Waals surface area contributed by atoms with Crippen molar-refractivity contribution in [1.29, 1.82) is 0 Å². The maximum absolute atomic E-state index is 12.6. The number of anilines is 1. The number of halogens is 1. The first kappa shape index (κ1) is 18.4. The van der Waals surface area contributed by atoms with Crippen molar-refractivity contribution < 1.29 is 13.2 Å². The van der Waals surface area contributed by atoms with E-state index in [1.54, 1.807) is 6.07 Å². The number of sulfonamides is 1. The topological polar surface area (TPSA) is 66.5 Å². The molecule has 1 amide bonds. The van der Waals surface area contributed by atoms with Gasteiger partial charge in [0.2, 0.25) is 5.91 Å². The van der Waals surface area contributed by atoms with Gasteiger partial charge in [-0.3, -0.25) is 4.79 Å². The van der Waals surface area contributed by atoms with E-state index in [0.717, 1.165) is 22.6 Å². The molecule has 1 aliphatic heterocycles. The van der Waals surface area contributed by atoms with E-state index in [1.807, 2.05) is 31.2 Å². The van der Waals surface area contributed by atoms with Crippen LogP contribution in [-0.4, -0.2) is 31.7 Å². The smallest absolute Gasteiger partial charge is 0.252 e. The summed E-state index contributed by atoms with van der Waals surface area (Å²) in [5, 5.41) is 2.92. The Morgan fingerprint density at radius 3 is 2.56 bits per heavy atom. The lowest BCUT2D eigenvalue weighted by Gasteiger charge is -2.30. The average Bonchev–Trinajstić information content (AvgIpc) is 3.02. The Bertz CT molecular complexity index is 872. The van der Waals surface area contributed by atoms with Gasteiger partial charge in [-0.2, -0.15) is 4.31 Å². The van der Waals surface area contributed by atoms with E-state index in [9.17, 15) is 13.2 Å². The molecule has 0 aliphatic carbocycles. The molecule has 8 heteroatoms. The van der Waals surface area contributed by atoms with Crippen molar-refractivity contribution in [2.75, 3.05) is 18.4 Å². The SMILES string of the molecule is Cc1cccc(NC(=O)C2CCN(S(=O)(=O)c3ccc(Cl)s3)CC2)c1. The lowest BCUT2D eigenvalue weighted by atomic mass is 9.97. The predicted molar refractivity (Wildman–Crippen MR) is 101 cm³/mol. The van der Waals surface area contributed by atoms with E-state index in [4.69, 9.17) is 11.6 Å². The molecular weight excluding hydrogens is 380 g/mol. The third-order valence-corrected chi connectivity index (χ3v) is 7.85. The van der Waals surface area contributed by atoms with Gasteiger partial charge in [0.15, 0.2) is 0 Å². The van der Waals surface area contributed by atoms with Crippen LogP contribution >= 0.6 is 22.9 Å². The summed E-state index contributed by atoms with van der Waals surface area (Å²) in [7, 11) is -3.52. The molecule has 0 spiro atoms. The number of hydrogen-bond donors (Lipinski definition) is 1. The fourth-order valence-corrected chi connectivity index (χ4v) is 6.00. The van der Waals surface area contributed by atoms with Gasteiger partial charge in [-0.1, -0.05) is 23.7 Å². The molecule has 3 rings (SSSR count). The maximum Gasteiger partial charge on any atom is 0.252 e. The molecule has 0 radical (unpaired) electrons. The number of aryl methyl sites for hydroxylation is 1. The molecular formula is C17H19ClN2O3S2. The van der Waals surface area contributed by atoms with Gasteiger partial charge in [0.25, 0.3) is 10.0 Å². The second kappa shape index (κ2) is 7.45. The monoisotopic (exact) mass is 398 g/mol. The highest BCUT2D eigenvalue weighted by Gasteiger charge is 2.32. The Morgan fingerprint density at radius 2 is 1.96 bits per heavy atom. The number of carbonyl (C=O) groups is 1. The number of hydrogen-bond acceptors (Lipinski definition) is 4. The van der Waals surface area contributed by atoms with Gasteiger partial charge in [0.1, 0.15) is 4.21 Å². The Hall–Kier alpha value is -1.41. The van der Waals surface area contributed by atoms with Crippen molar-refractivity contribution in [3.8, 4) is 0 Å². The molecule has 1 fully saturated rings. The standard InChI is InChI=1S/C17H19ClN2O3S2/c1-12-3-2-4-14(11-12)19-17(21)13-7-9-20(10-8-13)25(22,23)16-6-5-15(18)24-16/h2-6,11,13H,7-10H2,1H3,(H,19,21). The molecule has 1 N–H and O–H groups in total. The fourth-order valence-electron chi connectivity index (χ4n) is 2.89. The third kappa shape index (κ3) is 4.23. The first-order chi connectivity index (χ1) is 11.9. The van der Waals surface area contributed by atoms with Crippen LogP contribution in [0, 0.1) is 12.8 Å². The van der Waals surface area contributed by atoms with Crippen molar-refractivity contribution in [3.63, 3.8) is 0 Å². The number of piperidine rings is 1. The third-order valence-electron chi connectivity index (χ3n) is 4.25. The summed E-state index contributed by atoms with van der Waals surface area (Å²) in [4.78, 5) is 12.4. The summed E-state index contributed by atoms with van der Waals surface area (Å²) in [5.41, 5.74) is 1.85. The van der Waals surface area contributed by atoms with E-state index >= 15 is 0 Å². The quantitative estimate of drug-likeness (QED) is 0.852. The van der Waals surface area contributed by atoms with Crippen LogP contribution in [0.1, 0.15) is 18.4 Å². The Balaban J connectivity index is 1.61. The van der Waals surface area contributed by atoms with E-state index in [-0.39, 0.29) is 16.0 Å². The highest BCUT2D eigenvalue weighted by atomic mass is 35.5. The lowest BCUT2D eigenvalue weighted by molar-refractivity contribution is -0.120. The molecule has 1 saturated heterocycles. The van der Waals surface area contributed by atoms with E-state index in [2.05, 4.69) is 5.32 Å². The molecule has 134 valence electrons. The van der Waals surface area contributed by atoms with Crippen LogP contribution in [-0.2, 0) is 14.8 Å². The highest BCUT2D eigenvalue weighted by molar-refractivity contribution is 7.91. The molecule has 2 aromatic rings. The summed E-state index contributed by atoms with van der Waals surface area (Å²) in [6.45, 7) is 2.64. The zero-order chi connectivity index (χ0) is 18.0. The highest BCUT2D eigenvalue weighted by Crippen LogP contribution is 2.30. The molecule has 1 aliphatic rings. The van der Waals surface area contributed by atoms with Gasteiger partial charge in [-0.05, 0) is 49.6 Å². The minimum Gasteiger partial charge on any atom is -0.326 e. The van der Waals surface area contributed by atoms with Crippen LogP contribution in [0.4, 0.5) is 5.69 Å². The van der Waals surface area contributed by atoms with Gasteiger partial charge in [0, 0.05) is 24.7 Å². The molecule has 0 atom stereocenters. The molecule has 1 aromatic carbocycles. The van der Waals surface area contributed by atoms with Crippen molar-refractivity contribution in [3.05, 3.63) is 46.3 Å². The van der Waals surface area contributed by atoms with Crippen LogP contribution in [0.3, 0.4) is 0 Å². The average molecular weight is 399 g/mol. The van der Waals surface area contributed by atoms with E-state index in [0.29, 0.717) is 30.3 Å². The Morgan fingerprint density at radius 1 is 1.24 bits per heavy atom. The van der Waals surface area contributed by atoms with Crippen LogP contribution in [0.15, 0.2) is 40.6 Å². The molecule has 2 heterocycles. The van der Waals surface area contributed by atoms with E-state index < -0.39 is 10.0 Å². The second-order valence-electron chi connectivity index (χ2n) is 6.10. The predicted octanol–water partition coefficient (Wildman–Crippen LogP) is 3.75. The largest absolute Gasteiger partial charge is 0.326 e. The summed E-state index contributed by atoms with van der Waals surface area (Å²) in [6, 6.07) is 10.7. The summed E-state index contributed by atoms with van der Waals surface area (Å²) in [5.74, 6) is -0.235. The van der Waals surface area contributed by atoms with Gasteiger partial charge in [0.05, 0.1) is 4.34 Å². The zero-order valence-electron chi connectivity index (χ0n) is 13.7. The molecule has 25 heavy (non-hydrogen) atoms.